The van der Waals surface area contributed by atoms with E-state index in [0.717, 1.165) is 0 Å². The molecule has 1 aliphatic heterocycles. The van der Waals surface area contributed by atoms with E-state index in [1.165, 1.54) is 23.9 Å². The smallest absolute Gasteiger partial charge is 0.421 e. The number of halogens is 3. The molecule has 3 heterocycles. The number of carbonyl (C=O) groups excluding carboxylic acids is 1. The molecule has 1 unspecified atom stereocenters. The van der Waals surface area contributed by atoms with Crippen molar-refractivity contribution in [3.05, 3.63) is 59.4 Å². The lowest BCUT2D eigenvalue weighted by Gasteiger charge is -2.27. The third-order valence-electron chi connectivity index (χ3n) is 6.19. The number of nitrogens with one attached hydrogen (secondary N) is 3. The highest BCUT2D eigenvalue weighted by Crippen LogP contribution is 2.35. The van der Waals surface area contributed by atoms with Crippen LogP contribution in [0.25, 0.3) is 0 Å². The van der Waals surface area contributed by atoms with E-state index >= 15 is 0 Å². The fourth-order valence-electron chi connectivity index (χ4n) is 4.04. The molecule has 0 saturated carbocycles. The zero-order valence-corrected chi connectivity index (χ0v) is 22.9. The Morgan fingerprint density at radius 2 is 1.98 bits per heavy atom. The van der Waals surface area contributed by atoms with Gasteiger partial charge in [-0.15, -0.1) is 0 Å². The summed E-state index contributed by atoms with van der Waals surface area (Å²) in [5, 5.41) is 8.80. The number of nitrogens with zero attached hydrogens (tertiary/aromatic N) is 5. The van der Waals surface area contributed by atoms with Crippen molar-refractivity contribution in [2.75, 3.05) is 61.5 Å². The summed E-state index contributed by atoms with van der Waals surface area (Å²) in [6.07, 6.45) is -1.06. The Bertz CT molecular complexity index is 1390. The SMILES string of the molecule is COc1cc(C(=O)N2CCNCC2)ccc1Nc1ncc(C(F)(F)F)c(NCc2cccnc2N(C)S(C)=O)n1. The van der Waals surface area contributed by atoms with Crippen molar-refractivity contribution in [1.29, 1.82) is 0 Å². The van der Waals surface area contributed by atoms with Gasteiger partial charge in [-0.2, -0.15) is 18.2 Å². The van der Waals surface area contributed by atoms with Gasteiger partial charge < -0.3 is 25.6 Å². The summed E-state index contributed by atoms with van der Waals surface area (Å²) in [4.78, 5) is 26.7. The minimum absolute atomic E-state index is 0.0730. The quantitative estimate of drug-likeness (QED) is 0.352. The maximum absolute atomic E-state index is 13.8. The lowest BCUT2D eigenvalue weighted by atomic mass is 10.1. The number of aromatic nitrogens is 3. The molecular weight excluding hydrogens is 549 g/mol. The van der Waals surface area contributed by atoms with Crippen molar-refractivity contribution >= 4 is 40.2 Å². The molecule has 214 valence electrons. The molecule has 4 rings (SSSR count). The van der Waals surface area contributed by atoms with Crippen LogP contribution in [0.2, 0.25) is 0 Å². The van der Waals surface area contributed by atoms with Crippen LogP contribution in [-0.4, -0.2) is 76.6 Å². The summed E-state index contributed by atoms with van der Waals surface area (Å²) < 4.78 is 60.1. The molecule has 1 amide bonds. The normalized spacial score (nSPS) is 14.4. The standard InChI is InChI=1S/C25H29F3N8O3S/c1-35(40(3)38)22-17(5-4-8-30-22)14-31-21-18(25(26,27)28)15-32-24(34-21)33-19-7-6-16(13-20(19)39-2)23(37)36-11-9-29-10-12-36/h4-8,13,15,29H,9-12,14H2,1-3H3,(H2,31,32,33,34). The minimum Gasteiger partial charge on any atom is -0.495 e. The van der Waals surface area contributed by atoms with E-state index in [4.69, 9.17) is 4.74 Å². The fraction of sp³-hybridized carbons (Fsp3) is 0.360. The average molecular weight is 579 g/mol. The van der Waals surface area contributed by atoms with Gasteiger partial charge in [0.1, 0.15) is 33.9 Å². The number of hydrogen-bond acceptors (Lipinski definition) is 9. The molecule has 0 bridgehead atoms. The van der Waals surface area contributed by atoms with Gasteiger partial charge in [0.2, 0.25) is 5.95 Å². The number of amides is 1. The summed E-state index contributed by atoms with van der Waals surface area (Å²) in [7, 11) is 1.61. The molecule has 1 aliphatic rings. The monoisotopic (exact) mass is 578 g/mol. The number of alkyl halides is 3. The van der Waals surface area contributed by atoms with Crippen molar-refractivity contribution < 1.29 is 26.9 Å². The predicted molar refractivity (Wildman–Crippen MR) is 146 cm³/mol. The zero-order chi connectivity index (χ0) is 28.9. The number of hydrogen-bond donors (Lipinski definition) is 3. The second kappa shape index (κ2) is 12.5. The number of rotatable bonds is 9. The molecular formula is C25H29F3N8O3S. The van der Waals surface area contributed by atoms with Gasteiger partial charge in [0.25, 0.3) is 5.91 Å². The molecule has 1 saturated heterocycles. The molecule has 3 N–H and O–H groups in total. The third-order valence-corrected chi connectivity index (χ3v) is 7.14. The molecule has 1 aromatic carbocycles. The first kappa shape index (κ1) is 29.0. The zero-order valence-electron chi connectivity index (χ0n) is 22.1. The Hall–Kier alpha value is -3.98. The van der Waals surface area contributed by atoms with E-state index in [1.807, 2.05) is 0 Å². The maximum Gasteiger partial charge on any atom is 0.421 e. The molecule has 0 radical (unpaired) electrons. The highest BCUT2D eigenvalue weighted by Gasteiger charge is 2.35. The van der Waals surface area contributed by atoms with Crippen LogP contribution in [0, 0.1) is 0 Å². The van der Waals surface area contributed by atoms with E-state index in [-0.39, 0.29) is 18.4 Å². The second-order valence-electron chi connectivity index (χ2n) is 8.80. The Kier molecular flexibility index (Phi) is 9.04. The Labute approximate surface area is 231 Å². The molecule has 15 heteroatoms. The molecule has 1 fully saturated rings. The van der Waals surface area contributed by atoms with E-state index in [0.29, 0.717) is 60.8 Å². The Morgan fingerprint density at radius 3 is 2.65 bits per heavy atom. The van der Waals surface area contributed by atoms with Crippen LogP contribution in [0.15, 0.2) is 42.7 Å². The Morgan fingerprint density at radius 1 is 1.23 bits per heavy atom. The van der Waals surface area contributed by atoms with Crippen molar-refractivity contribution in [3.8, 4) is 5.75 Å². The van der Waals surface area contributed by atoms with Crippen molar-refractivity contribution in [2.24, 2.45) is 0 Å². The lowest BCUT2D eigenvalue weighted by molar-refractivity contribution is -0.137. The summed E-state index contributed by atoms with van der Waals surface area (Å²) in [5.41, 5.74) is 0.254. The van der Waals surface area contributed by atoms with Gasteiger partial charge >= 0.3 is 6.18 Å². The lowest BCUT2D eigenvalue weighted by Crippen LogP contribution is -2.46. The van der Waals surface area contributed by atoms with E-state index < -0.39 is 28.5 Å². The minimum atomic E-state index is -4.72. The van der Waals surface area contributed by atoms with Gasteiger partial charge in [-0.3, -0.25) is 9.10 Å². The van der Waals surface area contributed by atoms with Gasteiger partial charge in [0.05, 0.1) is 12.8 Å². The second-order valence-corrected chi connectivity index (χ2v) is 10.2. The molecule has 0 aliphatic carbocycles. The number of carbonyl (C=O) groups is 1. The predicted octanol–water partition coefficient (Wildman–Crippen LogP) is 3.03. The summed E-state index contributed by atoms with van der Waals surface area (Å²) >= 11 is 0. The van der Waals surface area contributed by atoms with Gasteiger partial charge in [-0.1, -0.05) is 6.07 Å². The highest BCUT2D eigenvalue weighted by molar-refractivity contribution is 7.85. The first-order chi connectivity index (χ1) is 19.1. The van der Waals surface area contributed by atoms with Crippen LogP contribution in [0.3, 0.4) is 0 Å². The van der Waals surface area contributed by atoms with Crippen LogP contribution < -0.4 is 25.0 Å². The van der Waals surface area contributed by atoms with Crippen LogP contribution >= 0.6 is 0 Å². The number of benzene rings is 1. The molecule has 11 nitrogen and oxygen atoms in total. The Balaban J connectivity index is 1.58. The van der Waals surface area contributed by atoms with E-state index in [2.05, 4.69) is 30.9 Å². The molecule has 40 heavy (non-hydrogen) atoms. The highest BCUT2D eigenvalue weighted by atomic mass is 32.2. The summed E-state index contributed by atoms with van der Waals surface area (Å²) in [5.74, 6) is -0.0553. The number of pyridine rings is 1. The van der Waals surface area contributed by atoms with Gasteiger partial charge in [-0.05, 0) is 24.3 Å². The molecule has 0 spiro atoms. The van der Waals surface area contributed by atoms with Crippen LogP contribution in [-0.2, 0) is 23.7 Å². The topological polar surface area (TPSA) is 125 Å². The van der Waals surface area contributed by atoms with Gasteiger partial charge in [0, 0.05) is 69.5 Å². The van der Waals surface area contributed by atoms with Gasteiger partial charge in [-0.25, -0.2) is 14.2 Å². The molecule has 2 aromatic heterocycles. The number of anilines is 4. The van der Waals surface area contributed by atoms with Crippen molar-refractivity contribution in [3.63, 3.8) is 0 Å². The molecule has 1 atom stereocenters. The van der Waals surface area contributed by atoms with Crippen molar-refractivity contribution in [2.45, 2.75) is 12.7 Å². The summed E-state index contributed by atoms with van der Waals surface area (Å²) in [6, 6.07) is 8.06. The number of ether oxygens (including phenoxy) is 1. The number of methoxy groups -OCH3 is 1. The average Bonchev–Trinajstić information content (AvgIpc) is 2.95. The van der Waals surface area contributed by atoms with E-state index in [1.54, 1.807) is 42.3 Å². The summed E-state index contributed by atoms with van der Waals surface area (Å²) in [6.45, 7) is 2.52. The van der Waals surface area contributed by atoms with Crippen LogP contribution in [0.5, 0.6) is 5.75 Å². The van der Waals surface area contributed by atoms with Crippen LogP contribution in [0.4, 0.5) is 36.4 Å². The van der Waals surface area contributed by atoms with Crippen molar-refractivity contribution in [1.82, 2.24) is 25.2 Å². The fourth-order valence-corrected chi connectivity index (χ4v) is 4.44. The van der Waals surface area contributed by atoms with Gasteiger partial charge in [0.15, 0.2) is 0 Å². The molecule has 3 aromatic rings. The largest absolute Gasteiger partial charge is 0.495 e. The van der Waals surface area contributed by atoms with Crippen LogP contribution in [0.1, 0.15) is 21.5 Å². The number of piperazine rings is 1. The first-order valence-corrected chi connectivity index (χ1v) is 13.7. The first-order valence-electron chi connectivity index (χ1n) is 12.2. The third kappa shape index (κ3) is 6.77. The van der Waals surface area contributed by atoms with E-state index in [9.17, 15) is 22.2 Å². The maximum atomic E-state index is 13.8.